The van der Waals surface area contributed by atoms with Gasteiger partial charge in [-0.1, -0.05) is 36.4 Å². The van der Waals surface area contributed by atoms with Gasteiger partial charge < -0.3 is 35.2 Å². The van der Waals surface area contributed by atoms with Crippen LogP contribution in [0, 0.1) is 0 Å². The SMILES string of the molecule is CC(=O)NCCCOc1ccccc1C(=O)NCc1ccc(C(=O)Nc2ccccc2OCCCCCC(=O)N2CCN(C)CC2)cc1. The van der Waals surface area contributed by atoms with E-state index < -0.39 is 0 Å². The molecule has 3 aromatic rings. The summed E-state index contributed by atoms with van der Waals surface area (Å²) in [5, 5.41) is 8.57. The molecule has 1 heterocycles. The average molecular weight is 658 g/mol. The van der Waals surface area contributed by atoms with Crippen molar-refractivity contribution in [3.05, 3.63) is 89.5 Å². The number of nitrogens with one attached hydrogen (secondary N) is 3. The van der Waals surface area contributed by atoms with E-state index in [4.69, 9.17) is 9.47 Å². The highest BCUT2D eigenvalue weighted by Gasteiger charge is 2.18. The molecule has 48 heavy (non-hydrogen) atoms. The number of hydrogen-bond donors (Lipinski definition) is 3. The molecule has 1 fully saturated rings. The Kier molecular flexibility index (Phi) is 14.3. The van der Waals surface area contributed by atoms with Crippen molar-refractivity contribution in [1.82, 2.24) is 20.4 Å². The third-order valence-electron chi connectivity index (χ3n) is 8.04. The molecule has 11 nitrogen and oxygen atoms in total. The quantitative estimate of drug-likeness (QED) is 0.183. The molecule has 4 amide bonds. The first-order chi connectivity index (χ1) is 23.3. The summed E-state index contributed by atoms with van der Waals surface area (Å²) in [5.41, 5.74) is 2.32. The monoisotopic (exact) mass is 657 g/mol. The Bertz CT molecular complexity index is 1500. The molecular formula is C37H47N5O6. The molecule has 0 bridgehead atoms. The lowest BCUT2D eigenvalue weighted by Crippen LogP contribution is -2.47. The van der Waals surface area contributed by atoms with E-state index in [-0.39, 0.29) is 30.2 Å². The first-order valence-corrected chi connectivity index (χ1v) is 16.6. The van der Waals surface area contributed by atoms with Crippen LogP contribution in [0.3, 0.4) is 0 Å². The van der Waals surface area contributed by atoms with Crippen LogP contribution in [0.2, 0.25) is 0 Å². The zero-order valence-corrected chi connectivity index (χ0v) is 28.0. The van der Waals surface area contributed by atoms with Crippen molar-refractivity contribution >= 4 is 29.3 Å². The van der Waals surface area contributed by atoms with E-state index in [2.05, 4.69) is 27.9 Å². The van der Waals surface area contributed by atoms with E-state index in [0.29, 0.717) is 60.9 Å². The molecule has 3 aromatic carbocycles. The fourth-order valence-electron chi connectivity index (χ4n) is 5.19. The van der Waals surface area contributed by atoms with Gasteiger partial charge in [-0.2, -0.15) is 0 Å². The van der Waals surface area contributed by atoms with E-state index in [1.165, 1.54) is 6.92 Å². The number of ether oxygens (including phenoxy) is 2. The van der Waals surface area contributed by atoms with Gasteiger partial charge >= 0.3 is 0 Å². The van der Waals surface area contributed by atoms with Gasteiger partial charge in [0.15, 0.2) is 0 Å². The molecule has 0 unspecified atom stereocenters. The van der Waals surface area contributed by atoms with Crippen LogP contribution < -0.4 is 25.4 Å². The van der Waals surface area contributed by atoms with Gasteiger partial charge in [-0.15, -0.1) is 0 Å². The molecule has 1 saturated heterocycles. The number of unbranched alkanes of at least 4 members (excludes halogenated alkanes) is 2. The molecule has 1 aliphatic heterocycles. The van der Waals surface area contributed by atoms with Crippen molar-refractivity contribution in [3.63, 3.8) is 0 Å². The standard InChI is InChI=1S/C37H47N5O6/c1-28(43)38-20-10-26-47-33-13-7-5-11-31(33)37(46)39-27-29-16-18-30(19-17-29)36(45)40-32-12-6-8-14-34(32)48-25-9-3-4-15-35(44)42-23-21-41(2)22-24-42/h5-8,11-14,16-19H,3-4,9-10,15,20-27H2,1-2H3,(H,38,43)(H,39,46)(H,40,45). The van der Waals surface area contributed by atoms with E-state index in [0.717, 1.165) is 51.0 Å². The van der Waals surface area contributed by atoms with E-state index >= 15 is 0 Å². The van der Waals surface area contributed by atoms with Crippen LogP contribution in [0.15, 0.2) is 72.8 Å². The van der Waals surface area contributed by atoms with E-state index in [1.807, 2.05) is 23.1 Å². The Morgan fingerprint density at radius 2 is 1.38 bits per heavy atom. The number of para-hydroxylation sites is 3. The van der Waals surface area contributed by atoms with Gasteiger partial charge in [0.25, 0.3) is 11.8 Å². The smallest absolute Gasteiger partial charge is 0.255 e. The maximum Gasteiger partial charge on any atom is 0.255 e. The zero-order valence-electron chi connectivity index (χ0n) is 28.0. The predicted octanol–water partition coefficient (Wildman–Crippen LogP) is 4.49. The maximum absolute atomic E-state index is 13.0. The van der Waals surface area contributed by atoms with Crippen LogP contribution in [0.25, 0.3) is 0 Å². The minimum Gasteiger partial charge on any atom is -0.493 e. The molecule has 0 radical (unpaired) electrons. The first-order valence-electron chi connectivity index (χ1n) is 16.6. The van der Waals surface area contributed by atoms with Gasteiger partial charge in [0, 0.05) is 58.2 Å². The number of hydrogen-bond acceptors (Lipinski definition) is 7. The molecule has 3 N–H and O–H groups in total. The van der Waals surface area contributed by atoms with Crippen LogP contribution >= 0.6 is 0 Å². The lowest BCUT2D eigenvalue weighted by atomic mass is 10.1. The van der Waals surface area contributed by atoms with Crippen molar-refractivity contribution in [2.24, 2.45) is 0 Å². The van der Waals surface area contributed by atoms with Gasteiger partial charge in [0.1, 0.15) is 11.5 Å². The summed E-state index contributed by atoms with van der Waals surface area (Å²) in [5.74, 6) is 0.662. The molecule has 1 aliphatic rings. The molecule has 0 spiro atoms. The van der Waals surface area contributed by atoms with Gasteiger partial charge in [-0.25, -0.2) is 0 Å². The van der Waals surface area contributed by atoms with Gasteiger partial charge in [0.2, 0.25) is 11.8 Å². The van der Waals surface area contributed by atoms with Crippen molar-refractivity contribution in [2.45, 2.75) is 45.6 Å². The molecular weight excluding hydrogens is 610 g/mol. The molecule has 0 atom stereocenters. The number of carbonyl (C=O) groups excluding carboxylic acids is 4. The molecule has 0 aromatic heterocycles. The fraction of sp³-hybridized carbons (Fsp3) is 0.405. The lowest BCUT2D eigenvalue weighted by Gasteiger charge is -2.32. The largest absolute Gasteiger partial charge is 0.493 e. The van der Waals surface area contributed by atoms with Gasteiger partial charge in [0.05, 0.1) is 24.5 Å². The second-order valence-electron chi connectivity index (χ2n) is 11.9. The number of anilines is 1. The van der Waals surface area contributed by atoms with Crippen molar-refractivity contribution < 1.29 is 28.7 Å². The molecule has 0 aliphatic carbocycles. The molecule has 11 heteroatoms. The summed E-state index contributed by atoms with van der Waals surface area (Å²) in [6.45, 7) is 6.57. The number of piperazine rings is 1. The third-order valence-corrected chi connectivity index (χ3v) is 8.04. The number of benzene rings is 3. The molecule has 0 saturated carbocycles. The molecule has 256 valence electrons. The zero-order chi connectivity index (χ0) is 34.1. The number of nitrogens with zero attached hydrogens (tertiary/aromatic N) is 2. The first kappa shape index (κ1) is 35.9. The Hall–Kier alpha value is -4.90. The number of rotatable bonds is 17. The van der Waals surface area contributed by atoms with Crippen molar-refractivity contribution in [1.29, 1.82) is 0 Å². The summed E-state index contributed by atoms with van der Waals surface area (Å²) in [6, 6.07) is 21.4. The Labute approximate surface area is 283 Å². The highest BCUT2D eigenvalue weighted by Crippen LogP contribution is 2.25. The fourth-order valence-corrected chi connectivity index (χ4v) is 5.19. The average Bonchev–Trinajstić information content (AvgIpc) is 3.09. The topological polar surface area (TPSA) is 129 Å². The maximum atomic E-state index is 13.0. The van der Waals surface area contributed by atoms with Crippen molar-refractivity contribution in [2.75, 3.05) is 58.3 Å². The van der Waals surface area contributed by atoms with Crippen LogP contribution in [0.1, 0.15) is 65.3 Å². The van der Waals surface area contributed by atoms with E-state index in [9.17, 15) is 19.2 Å². The van der Waals surface area contributed by atoms with Crippen molar-refractivity contribution in [3.8, 4) is 11.5 Å². The highest BCUT2D eigenvalue weighted by molar-refractivity contribution is 6.05. The number of likely N-dealkylation sites (N-methyl/N-ethyl adjacent to an activating group) is 1. The van der Waals surface area contributed by atoms with Gasteiger partial charge in [-0.05, 0) is 74.7 Å². The van der Waals surface area contributed by atoms with E-state index in [1.54, 1.807) is 54.6 Å². The Morgan fingerprint density at radius 3 is 2.12 bits per heavy atom. The summed E-state index contributed by atoms with van der Waals surface area (Å²) >= 11 is 0. The van der Waals surface area contributed by atoms with Crippen LogP contribution in [0.4, 0.5) is 5.69 Å². The highest BCUT2D eigenvalue weighted by atomic mass is 16.5. The minimum absolute atomic E-state index is 0.0934. The van der Waals surface area contributed by atoms with Crippen LogP contribution in [-0.4, -0.2) is 86.4 Å². The Balaban J connectivity index is 1.19. The number of carbonyl (C=O) groups is 4. The normalized spacial score (nSPS) is 13.0. The third kappa shape index (κ3) is 11.7. The van der Waals surface area contributed by atoms with Crippen LogP contribution in [0.5, 0.6) is 11.5 Å². The minimum atomic E-state index is -0.273. The predicted molar refractivity (Wildman–Crippen MR) is 185 cm³/mol. The second kappa shape index (κ2) is 19.0. The van der Waals surface area contributed by atoms with Gasteiger partial charge in [-0.3, -0.25) is 19.2 Å². The summed E-state index contributed by atoms with van der Waals surface area (Å²) in [6.07, 6.45) is 3.72. The summed E-state index contributed by atoms with van der Waals surface area (Å²) in [4.78, 5) is 53.6. The number of amides is 4. The summed E-state index contributed by atoms with van der Waals surface area (Å²) in [7, 11) is 2.08. The lowest BCUT2D eigenvalue weighted by molar-refractivity contribution is -0.132. The Morgan fingerprint density at radius 1 is 0.708 bits per heavy atom. The van der Waals surface area contributed by atoms with Crippen LogP contribution in [-0.2, 0) is 16.1 Å². The second-order valence-corrected chi connectivity index (χ2v) is 11.9. The molecule has 4 rings (SSSR count). The summed E-state index contributed by atoms with van der Waals surface area (Å²) < 4.78 is 11.8.